The number of sulfone groups is 1. The molecule has 1 amide bonds. The van der Waals surface area contributed by atoms with E-state index >= 15 is 0 Å². The van der Waals surface area contributed by atoms with Gasteiger partial charge in [-0.2, -0.15) is 0 Å². The van der Waals surface area contributed by atoms with Gasteiger partial charge >= 0.3 is 5.97 Å². The van der Waals surface area contributed by atoms with Gasteiger partial charge in [-0.1, -0.05) is 6.07 Å². The predicted octanol–water partition coefficient (Wildman–Crippen LogP) is 3.50. The van der Waals surface area contributed by atoms with Crippen molar-refractivity contribution in [1.29, 1.82) is 0 Å². The van der Waals surface area contributed by atoms with Gasteiger partial charge < -0.3 is 24.3 Å². The molecule has 0 fully saturated rings. The van der Waals surface area contributed by atoms with Crippen LogP contribution in [0.1, 0.15) is 29.5 Å². The van der Waals surface area contributed by atoms with E-state index in [0.717, 1.165) is 11.0 Å². The zero-order valence-corrected chi connectivity index (χ0v) is 20.7. The molecular formula is C24H29NO8S. The number of carbonyl (C=O) groups is 2. The number of anilines is 1. The second-order valence-corrected chi connectivity index (χ2v) is 9.22. The highest BCUT2D eigenvalue weighted by atomic mass is 32.2. The summed E-state index contributed by atoms with van der Waals surface area (Å²) in [4.78, 5) is 23.4. The Balaban J connectivity index is 2.22. The standard InChI is InChI=1S/C24H29NO8S/c1-16-12-18(30-2)14-22(32-4)19(16)10-11-34(28,29)15-17-6-7-21(31-3)20(13-17)25-23(26)8-9-24(27)33-5/h6-7,10-14H,8-9,15H2,1-5H3,(H,25,26)/b11-10+. The first-order valence-electron chi connectivity index (χ1n) is 10.3. The maximum Gasteiger partial charge on any atom is 0.306 e. The number of hydrogen-bond acceptors (Lipinski definition) is 8. The van der Waals surface area contributed by atoms with Gasteiger partial charge in [0, 0.05) is 23.5 Å². The Kier molecular flexibility index (Phi) is 9.49. The van der Waals surface area contributed by atoms with Crippen molar-refractivity contribution >= 4 is 33.5 Å². The molecule has 34 heavy (non-hydrogen) atoms. The number of esters is 1. The van der Waals surface area contributed by atoms with Crippen molar-refractivity contribution in [3.8, 4) is 17.2 Å². The minimum Gasteiger partial charge on any atom is -0.497 e. The average molecular weight is 492 g/mol. The maximum atomic E-state index is 12.8. The molecule has 1 N–H and O–H groups in total. The molecule has 9 nitrogen and oxygen atoms in total. The first kappa shape index (κ1) is 26.7. The number of nitrogens with one attached hydrogen (secondary N) is 1. The molecule has 0 radical (unpaired) electrons. The van der Waals surface area contributed by atoms with Crippen LogP contribution < -0.4 is 19.5 Å². The van der Waals surface area contributed by atoms with E-state index in [1.807, 2.05) is 6.92 Å². The Morgan fingerprint density at radius 2 is 1.65 bits per heavy atom. The van der Waals surface area contributed by atoms with Crippen molar-refractivity contribution in [3.05, 3.63) is 52.4 Å². The lowest BCUT2D eigenvalue weighted by Gasteiger charge is -2.12. The van der Waals surface area contributed by atoms with E-state index in [9.17, 15) is 18.0 Å². The Labute approximate surface area is 199 Å². The summed E-state index contributed by atoms with van der Waals surface area (Å²) in [5, 5.41) is 3.77. The van der Waals surface area contributed by atoms with Crippen LogP contribution in [0.4, 0.5) is 5.69 Å². The lowest BCUT2D eigenvalue weighted by Crippen LogP contribution is -2.15. The monoisotopic (exact) mass is 491 g/mol. The van der Waals surface area contributed by atoms with Gasteiger partial charge in [-0.3, -0.25) is 9.59 Å². The fourth-order valence-corrected chi connectivity index (χ4v) is 4.24. The summed E-state index contributed by atoms with van der Waals surface area (Å²) in [7, 11) is 2.05. The molecular weight excluding hydrogens is 462 g/mol. The number of benzene rings is 2. The molecule has 0 saturated heterocycles. The highest BCUT2D eigenvalue weighted by Gasteiger charge is 2.15. The summed E-state index contributed by atoms with van der Waals surface area (Å²) in [6.07, 6.45) is 1.34. The second kappa shape index (κ2) is 12.1. The number of carbonyl (C=O) groups excluding carboxylic acids is 2. The van der Waals surface area contributed by atoms with Crippen LogP contribution in [0.25, 0.3) is 6.08 Å². The Morgan fingerprint density at radius 1 is 0.941 bits per heavy atom. The van der Waals surface area contributed by atoms with Gasteiger partial charge in [-0.05, 0) is 42.3 Å². The van der Waals surface area contributed by atoms with Crippen LogP contribution in [0, 0.1) is 6.92 Å². The largest absolute Gasteiger partial charge is 0.497 e. The zero-order valence-electron chi connectivity index (χ0n) is 19.8. The molecule has 2 aromatic carbocycles. The Bertz CT molecular complexity index is 1170. The van der Waals surface area contributed by atoms with E-state index in [2.05, 4.69) is 10.1 Å². The van der Waals surface area contributed by atoms with Crippen molar-refractivity contribution in [2.75, 3.05) is 33.8 Å². The molecule has 0 saturated carbocycles. The number of amides is 1. The van der Waals surface area contributed by atoms with Gasteiger partial charge in [0.25, 0.3) is 0 Å². The molecule has 0 aliphatic rings. The number of aryl methyl sites for hydroxylation is 1. The molecule has 0 aliphatic carbocycles. The van der Waals surface area contributed by atoms with Crippen LogP contribution in [-0.4, -0.2) is 48.7 Å². The first-order chi connectivity index (χ1) is 16.1. The summed E-state index contributed by atoms with van der Waals surface area (Å²) in [5.41, 5.74) is 2.18. The fraction of sp³-hybridized carbons (Fsp3) is 0.333. The highest BCUT2D eigenvalue weighted by molar-refractivity contribution is 7.93. The van der Waals surface area contributed by atoms with Crippen molar-refractivity contribution < 1.29 is 37.0 Å². The van der Waals surface area contributed by atoms with Crippen LogP contribution in [0.15, 0.2) is 35.7 Å². The topological polar surface area (TPSA) is 117 Å². The molecule has 0 aromatic heterocycles. The van der Waals surface area contributed by atoms with E-state index in [4.69, 9.17) is 14.2 Å². The SMILES string of the molecule is COC(=O)CCC(=O)Nc1cc(CS(=O)(=O)/C=C/c2c(C)cc(OC)cc2OC)ccc1OC. The summed E-state index contributed by atoms with van der Waals surface area (Å²) in [6.45, 7) is 1.83. The van der Waals surface area contributed by atoms with Crippen LogP contribution in [0.2, 0.25) is 0 Å². The van der Waals surface area contributed by atoms with Crippen LogP contribution in [0.3, 0.4) is 0 Å². The lowest BCUT2D eigenvalue weighted by molar-refractivity contribution is -0.141. The zero-order chi connectivity index (χ0) is 25.3. The van der Waals surface area contributed by atoms with E-state index in [-0.39, 0.29) is 18.6 Å². The third kappa shape index (κ3) is 7.51. The van der Waals surface area contributed by atoms with E-state index in [0.29, 0.717) is 34.1 Å². The van der Waals surface area contributed by atoms with E-state index in [1.165, 1.54) is 33.5 Å². The van der Waals surface area contributed by atoms with Crippen LogP contribution in [0.5, 0.6) is 17.2 Å². The molecule has 0 atom stereocenters. The molecule has 10 heteroatoms. The van der Waals surface area contributed by atoms with Gasteiger partial charge in [0.15, 0.2) is 9.84 Å². The predicted molar refractivity (Wildman–Crippen MR) is 129 cm³/mol. The first-order valence-corrected chi connectivity index (χ1v) is 12.0. The minimum atomic E-state index is -3.66. The molecule has 184 valence electrons. The van der Waals surface area contributed by atoms with Gasteiger partial charge in [0.05, 0.1) is 46.3 Å². The van der Waals surface area contributed by atoms with Crippen LogP contribution >= 0.6 is 0 Å². The third-order valence-corrected chi connectivity index (χ3v) is 6.20. The maximum absolute atomic E-state index is 12.8. The number of methoxy groups -OCH3 is 4. The molecule has 0 aliphatic heterocycles. The van der Waals surface area contributed by atoms with Gasteiger partial charge in [0.1, 0.15) is 17.2 Å². The second-order valence-electron chi connectivity index (χ2n) is 7.33. The number of ether oxygens (including phenoxy) is 4. The number of hydrogen-bond donors (Lipinski definition) is 1. The molecule has 0 spiro atoms. The van der Waals surface area contributed by atoms with Crippen molar-refractivity contribution in [2.45, 2.75) is 25.5 Å². The Hall–Kier alpha value is -3.53. The Morgan fingerprint density at radius 3 is 2.26 bits per heavy atom. The van der Waals surface area contributed by atoms with Crippen molar-refractivity contribution in [3.63, 3.8) is 0 Å². The number of rotatable bonds is 11. The van der Waals surface area contributed by atoms with Crippen molar-refractivity contribution in [1.82, 2.24) is 0 Å². The minimum absolute atomic E-state index is 0.0717. The fourth-order valence-electron chi connectivity index (χ4n) is 3.16. The van der Waals surface area contributed by atoms with Gasteiger partial charge in [-0.15, -0.1) is 0 Å². The van der Waals surface area contributed by atoms with E-state index < -0.39 is 21.7 Å². The third-order valence-electron chi connectivity index (χ3n) is 4.91. The summed E-state index contributed by atoms with van der Waals surface area (Å²) in [5.74, 6) is 0.235. The summed E-state index contributed by atoms with van der Waals surface area (Å²) in [6, 6.07) is 8.17. The summed E-state index contributed by atoms with van der Waals surface area (Å²) < 4.78 is 45.9. The van der Waals surface area contributed by atoms with Gasteiger partial charge in [0.2, 0.25) is 5.91 Å². The average Bonchev–Trinajstić information content (AvgIpc) is 2.81. The smallest absolute Gasteiger partial charge is 0.306 e. The highest BCUT2D eigenvalue weighted by Crippen LogP contribution is 2.30. The molecule has 2 aromatic rings. The lowest BCUT2D eigenvalue weighted by atomic mass is 10.1. The van der Waals surface area contributed by atoms with Crippen LogP contribution in [-0.2, 0) is 29.9 Å². The quantitative estimate of drug-likeness (QED) is 0.475. The van der Waals surface area contributed by atoms with Crippen molar-refractivity contribution in [2.24, 2.45) is 0 Å². The molecule has 0 heterocycles. The van der Waals surface area contributed by atoms with Gasteiger partial charge in [-0.25, -0.2) is 8.42 Å². The molecule has 0 unspecified atom stereocenters. The summed E-state index contributed by atoms with van der Waals surface area (Å²) >= 11 is 0. The molecule has 0 bridgehead atoms. The van der Waals surface area contributed by atoms with E-state index in [1.54, 1.807) is 31.4 Å². The molecule has 2 rings (SSSR count). The normalized spacial score (nSPS) is 11.2.